The molecule has 1 aromatic carbocycles. The summed E-state index contributed by atoms with van der Waals surface area (Å²) in [5.41, 5.74) is 1.98. The van der Waals surface area contributed by atoms with E-state index in [-0.39, 0.29) is 11.9 Å². The summed E-state index contributed by atoms with van der Waals surface area (Å²) in [7, 11) is 0. The maximum Gasteiger partial charge on any atom is 0.267 e. The first-order chi connectivity index (χ1) is 14.1. The van der Waals surface area contributed by atoms with Gasteiger partial charge >= 0.3 is 0 Å². The molecule has 4 nitrogen and oxygen atoms in total. The van der Waals surface area contributed by atoms with Gasteiger partial charge in [-0.25, -0.2) is 0 Å². The molecule has 3 heterocycles. The summed E-state index contributed by atoms with van der Waals surface area (Å²) in [6.07, 6.45) is 5.08. The molecule has 1 fully saturated rings. The Balaban J connectivity index is 1.44. The molecule has 0 spiro atoms. The molecule has 2 aromatic heterocycles. The SMILES string of the molecule is C[C@@H](c1ccccc1)n1c(C(=O)NCCC[NH+]2CCCC[C@@H]2C)cc2ccsc21. The predicted octanol–water partition coefficient (Wildman–Crippen LogP) is 3.89. The van der Waals surface area contributed by atoms with Gasteiger partial charge in [-0.15, -0.1) is 11.3 Å². The highest BCUT2D eigenvalue weighted by molar-refractivity contribution is 7.16. The van der Waals surface area contributed by atoms with E-state index in [2.05, 4.69) is 59.4 Å². The molecule has 0 radical (unpaired) electrons. The zero-order valence-corrected chi connectivity index (χ0v) is 18.3. The topological polar surface area (TPSA) is 38.5 Å². The van der Waals surface area contributed by atoms with E-state index >= 15 is 0 Å². The second kappa shape index (κ2) is 9.14. The van der Waals surface area contributed by atoms with Gasteiger partial charge in [-0.2, -0.15) is 0 Å². The molecule has 1 aliphatic heterocycles. The van der Waals surface area contributed by atoms with Crippen molar-refractivity contribution in [2.24, 2.45) is 0 Å². The zero-order valence-electron chi connectivity index (χ0n) is 17.5. The van der Waals surface area contributed by atoms with Crippen molar-refractivity contribution >= 4 is 27.5 Å². The van der Waals surface area contributed by atoms with Gasteiger partial charge < -0.3 is 14.8 Å². The molecule has 29 heavy (non-hydrogen) atoms. The van der Waals surface area contributed by atoms with Crippen molar-refractivity contribution in [1.29, 1.82) is 0 Å². The van der Waals surface area contributed by atoms with Crippen LogP contribution in [0.1, 0.15) is 61.6 Å². The van der Waals surface area contributed by atoms with Crippen LogP contribution in [0.3, 0.4) is 0 Å². The van der Waals surface area contributed by atoms with Gasteiger partial charge in [0.2, 0.25) is 0 Å². The maximum absolute atomic E-state index is 13.1. The molecule has 4 rings (SSSR count). The summed E-state index contributed by atoms with van der Waals surface area (Å²) in [6, 6.07) is 15.4. The quantitative estimate of drug-likeness (QED) is 0.570. The number of amides is 1. The van der Waals surface area contributed by atoms with Crippen molar-refractivity contribution in [2.45, 2.75) is 51.6 Å². The minimum atomic E-state index is 0.0397. The summed E-state index contributed by atoms with van der Waals surface area (Å²) in [5, 5.41) is 6.43. The first-order valence-corrected chi connectivity index (χ1v) is 11.8. The Hall–Kier alpha value is -2.11. The Morgan fingerprint density at radius 3 is 2.90 bits per heavy atom. The van der Waals surface area contributed by atoms with Gasteiger partial charge in [-0.05, 0) is 56.2 Å². The van der Waals surface area contributed by atoms with E-state index in [1.807, 2.05) is 12.1 Å². The molecule has 3 atom stereocenters. The highest BCUT2D eigenvalue weighted by atomic mass is 32.1. The van der Waals surface area contributed by atoms with Crippen LogP contribution in [0.15, 0.2) is 47.8 Å². The van der Waals surface area contributed by atoms with Crippen LogP contribution in [0.25, 0.3) is 10.2 Å². The average molecular weight is 411 g/mol. The number of hydrogen-bond donors (Lipinski definition) is 2. The van der Waals surface area contributed by atoms with Crippen LogP contribution >= 0.6 is 11.3 Å². The number of aromatic nitrogens is 1. The van der Waals surface area contributed by atoms with Crippen molar-refractivity contribution in [1.82, 2.24) is 9.88 Å². The minimum absolute atomic E-state index is 0.0397. The molecular formula is C24H32N3OS+. The Labute approximate surface area is 177 Å². The molecule has 0 saturated carbocycles. The van der Waals surface area contributed by atoms with Crippen LogP contribution in [0.4, 0.5) is 0 Å². The third-order valence-corrected chi connectivity index (χ3v) is 7.32. The van der Waals surface area contributed by atoms with Crippen LogP contribution in [0.2, 0.25) is 0 Å². The molecule has 154 valence electrons. The lowest BCUT2D eigenvalue weighted by molar-refractivity contribution is -0.928. The second-order valence-corrected chi connectivity index (χ2v) is 9.23. The second-order valence-electron chi connectivity index (χ2n) is 8.33. The van der Waals surface area contributed by atoms with Crippen LogP contribution in [0.5, 0.6) is 0 Å². The van der Waals surface area contributed by atoms with E-state index in [0.717, 1.165) is 41.5 Å². The summed E-state index contributed by atoms with van der Waals surface area (Å²) in [4.78, 5) is 15.9. The smallest absolute Gasteiger partial charge is 0.267 e. The fourth-order valence-electron chi connectivity index (χ4n) is 4.62. The van der Waals surface area contributed by atoms with E-state index in [1.165, 1.54) is 31.4 Å². The summed E-state index contributed by atoms with van der Waals surface area (Å²) < 4.78 is 2.20. The van der Waals surface area contributed by atoms with E-state index < -0.39 is 0 Å². The minimum Gasteiger partial charge on any atom is -0.351 e. The first-order valence-electron chi connectivity index (χ1n) is 10.9. The Bertz CT molecular complexity index is 946. The number of thiophene rings is 1. The molecule has 3 aromatic rings. The molecule has 5 heteroatoms. The largest absolute Gasteiger partial charge is 0.351 e. The fourth-order valence-corrected chi connectivity index (χ4v) is 5.59. The predicted molar refractivity (Wildman–Crippen MR) is 121 cm³/mol. The number of likely N-dealkylation sites (tertiary alicyclic amines) is 1. The highest BCUT2D eigenvalue weighted by Crippen LogP contribution is 2.31. The van der Waals surface area contributed by atoms with Crippen molar-refractivity contribution in [2.75, 3.05) is 19.6 Å². The fraction of sp³-hybridized carbons (Fsp3) is 0.458. The van der Waals surface area contributed by atoms with Gasteiger partial charge in [0.1, 0.15) is 10.5 Å². The molecule has 0 bridgehead atoms. The van der Waals surface area contributed by atoms with Crippen molar-refractivity contribution < 1.29 is 9.69 Å². The maximum atomic E-state index is 13.1. The normalized spacial score (nSPS) is 20.6. The van der Waals surface area contributed by atoms with Crippen LogP contribution in [-0.2, 0) is 0 Å². The Morgan fingerprint density at radius 1 is 1.28 bits per heavy atom. The first kappa shape index (κ1) is 20.2. The molecule has 1 unspecified atom stereocenters. The molecule has 1 amide bonds. The third-order valence-electron chi connectivity index (χ3n) is 6.39. The number of rotatable bonds is 7. The number of fused-ring (bicyclic) bond motifs is 1. The molecule has 0 aliphatic carbocycles. The van der Waals surface area contributed by atoms with Crippen LogP contribution < -0.4 is 10.2 Å². The molecule has 1 aliphatic rings. The number of carbonyl (C=O) groups is 1. The molecule has 2 N–H and O–H groups in total. The van der Waals surface area contributed by atoms with E-state index in [4.69, 9.17) is 0 Å². The number of piperidine rings is 1. The van der Waals surface area contributed by atoms with E-state index in [9.17, 15) is 4.79 Å². The number of benzene rings is 1. The van der Waals surface area contributed by atoms with Gasteiger partial charge in [-0.1, -0.05) is 30.3 Å². The highest BCUT2D eigenvalue weighted by Gasteiger charge is 2.23. The van der Waals surface area contributed by atoms with Gasteiger partial charge in [0.05, 0.1) is 25.2 Å². The number of hydrogen-bond acceptors (Lipinski definition) is 2. The number of quaternary nitrogens is 1. The molecule has 1 saturated heterocycles. The molecular weight excluding hydrogens is 378 g/mol. The number of nitrogens with zero attached hydrogens (tertiary/aromatic N) is 1. The average Bonchev–Trinajstić information content (AvgIpc) is 3.33. The number of carbonyl (C=O) groups excluding carboxylic acids is 1. The summed E-state index contributed by atoms with van der Waals surface area (Å²) in [6.45, 7) is 7.71. The standard InChI is InChI=1S/C24H31N3OS/c1-18-9-6-7-14-26(18)15-8-13-25-23(28)22-17-21-12-16-29-24(21)27(22)19(2)20-10-4-3-5-11-20/h3-5,10-12,16-19H,6-9,13-15H2,1-2H3,(H,25,28)/p+1/t18-,19-/m0/s1. The van der Waals surface area contributed by atoms with Crippen molar-refractivity contribution in [3.05, 3.63) is 59.1 Å². The van der Waals surface area contributed by atoms with Crippen LogP contribution in [-0.4, -0.2) is 36.2 Å². The Morgan fingerprint density at radius 2 is 2.10 bits per heavy atom. The van der Waals surface area contributed by atoms with E-state index in [1.54, 1.807) is 16.2 Å². The van der Waals surface area contributed by atoms with Crippen molar-refractivity contribution in [3.63, 3.8) is 0 Å². The number of nitrogens with one attached hydrogen (secondary N) is 2. The Kier molecular flexibility index (Phi) is 6.36. The van der Waals surface area contributed by atoms with Gasteiger partial charge in [0.15, 0.2) is 0 Å². The summed E-state index contributed by atoms with van der Waals surface area (Å²) >= 11 is 1.70. The lowest BCUT2D eigenvalue weighted by Crippen LogP contribution is -3.16. The van der Waals surface area contributed by atoms with Gasteiger partial charge in [0.25, 0.3) is 5.91 Å². The summed E-state index contributed by atoms with van der Waals surface area (Å²) in [5.74, 6) is 0.0397. The zero-order chi connectivity index (χ0) is 20.2. The van der Waals surface area contributed by atoms with Crippen LogP contribution in [0, 0.1) is 0 Å². The lowest BCUT2D eigenvalue weighted by Gasteiger charge is -2.30. The monoisotopic (exact) mass is 410 g/mol. The van der Waals surface area contributed by atoms with E-state index in [0.29, 0.717) is 0 Å². The van der Waals surface area contributed by atoms with Crippen molar-refractivity contribution in [3.8, 4) is 0 Å². The lowest BCUT2D eigenvalue weighted by atomic mass is 10.0. The van der Waals surface area contributed by atoms with Gasteiger partial charge in [0, 0.05) is 18.4 Å². The third kappa shape index (κ3) is 4.41. The van der Waals surface area contributed by atoms with Gasteiger partial charge in [-0.3, -0.25) is 4.79 Å².